The SMILES string of the molecule is Nc1ccc(C2CCCN2)nc1. The van der Waals surface area contributed by atoms with E-state index in [2.05, 4.69) is 10.3 Å². The highest BCUT2D eigenvalue weighted by atomic mass is 15.0. The molecule has 0 amide bonds. The molecule has 1 fully saturated rings. The van der Waals surface area contributed by atoms with Gasteiger partial charge in [-0.1, -0.05) is 0 Å². The summed E-state index contributed by atoms with van der Waals surface area (Å²) in [6.45, 7) is 1.11. The van der Waals surface area contributed by atoms with Crippen molar-refractivity contribution in [3.63, 3.8) is 0 Å². The number of nitrogens with one attached hydrogen (secondary N) is 1. The second kappa shape index (κ2) is 3.11. The van der Waals surface area contributed by atoms with Crippen LogP contribution in [0.2, 0.25) is 0 Å². The third-order valence-corrected chi connectivity index (χ3v) is 2.23. The minimum Gasteiger partial charge on any atom is -0.397 e. The maximum Gasteiger partial charge on any atom is 0.0574 e. The van der Waals surface area contributed by atoms with Crippen LogP contribution < -0.4 is 11.1 Å². The standard InChI is InChI=1S/C9H13N3/c10-7-3-4-9(12-6-7)8-2-1-5-11-8/h3-4,6,8,11H,1-2,5,10H2. The van der Waals surface area contributed by atoms with E-state index in [1.54, 1.807) is 6.20 Å². The molecular weight excluding hydrogens is 150 g/mol. The van der Waals surface area contributed by atoms with Crippen LogP contribution in [0.5, 0.6) is 0 Å². The van der Waals surface area contributed by atoms with Gasteiger partial charge in [0.15, 0.2) is 0 Å². The van der Waals surface area contributed by atoms with Crippen LogP contribution in [-0.4, -0.2) is 11.5 Å². The number of nitrogens with two attached hydrogens (primary N) is 1. The molecule has 1 atom stereocenters. The molecule has 0 aromatic carbocycles. The zero-order valence-electron chi connectivity index (χ0n) is 6.96. The van der Waals surface area contributed by atoms with E-state index in [-0.39, 0.29) is 0 Å². The first-order chi connectivity index (χ1) is 5.86. The average molecular weight is 163 g/mol. The van der Waals surface area contributed by atoms with E-state index < -0.39 is 0 Å². The van der Waals surface area contributed by atoms with Crippen molar-refractivity contribution in [2.45, 2.75) is 18.9 Å². The molecule has 0 saturated carbocycles. The number of pyridine rings is 1. The summed E-state index contributed by atoms with van der Waals surface area (Å²) in [6, 6.07) is 4.35. The summed E-state index contributed by atoms with van der Waals surface area (Å²) in [6.07, 6.45) is 4.16. The molecule has 1 aliphatic rings. The monoisotopic (exact) mass is 163 g/mol. The Kier molecular flexibility index (Phi) is 1.96. The van der Waals surface area contributed by atoms with Crippen LogP contribution in [0, 0.1) is 0 Å². The molecule has 2 rings (SSSR count). The molecule has 3 N–H and O–H groups in total. The normalized spacial score (nSPS) is 22.8. The molecule has 1 saturated heterocycles. The Morgan fingerprint density at radius 2 is 2.42 bits per heavy atom. The fourth-order valence-electron chi connectivity index (χ4n) is 1.56. The number of hydrogen-bond acceptors (Lipinski definition) is 3. The van der Waals surface area contributed by atoms with Gasteiger partial charge in [0.2, 0.25) is 0 Å². The molecule has 3 nitrogen and oxygen atoms in total. The summed E-state index contributed by atoms with van der Waals surface area (Å²) in [4.78, 5) is 4.27. The van der Waals surface area contributed by atoms with Gasteiger partial charge in [0.25, 0.3) is 0 Å². The number of aromatic nitrogens is 1. The van der Waals surface area contributed by atoms with Crippen molar-refractivity contribution in [2.24, 2.45) is 0 Å². The van der Waals surface area contributed by atoms with Crippen molar-refractivity contribution in [3.05, 3.63) is 24.0 Å². The minimum absolute atomic E-state index is 0.450. The quantitative estimate of drug-likeness (QED) is 0.651. The number of anilines is 1. The van der Waals surface area contributed by atoms with Gasteiger partial charge < -0.3 is 11.1 Å². The van der Waals surface area contributed by atoms with Crippen LogP contribution in [0.25, 0.3) is 0 Å². The van der Waals surface area contributed by atoms with Crippen LogP contribution in [-0.2, 0) is 0 Å². The molecule has 0 bridgehead atoms. The van der Waals surface area contributed by atoms with E-state index in [1.807, 2.05) is 12.1 Å². The lowest BCUT2D eigenvalue weighted by Crippen LogP contribution is -2.14. The zero-order chi connectivity index (χ0) is 8.39. The van der Waals surface area contributed by atoms with Gasteiger partial charge >= 0.3 is 0 Å². The molecule has 12 heavy (non-hydrogen) atoms. The predicted molar refractivity (Wildman–Crippen MR) is 48.6 cm³/mol. The lowest BCUT2D eigenvalue weighted by atomic mass is 10.1. The first-order valence-electron chi connectivity index (χ1n) is 4.31. The largest absolute Gasteiger partial charge is 0.397 e. The van der Waals surface area contributed by atoms with Crippen LogP contribution in [0.3, 0.4) is 0 Å². The second-order valence-corrected chi connectivity index (χ2v) is 3.17. The molecule has 0 radical (unpaired) electrons. The Balaban J connectivity index is 2.17. The zero-order valence-corrected chi connectivity index (χ0v) is 6.96. The molecule has 1 aromatic rings. The highest BCUT2D eigenvalue weighted by Gasteiger charge is 2.16. The lowest BCUT2D eigenvalue weighted by Gasteiger charge is -2.08. The van der Waals surface area contributed by atoms with Crippen molar-refractivity contribution in [2.75, 3.05) is 12.3 Å². The third kappa shape index (κ3) is 1.41. The summed E-state index contributed by atoms with van der Waals surface area (Å²) in [5, 5.41) is 3.39. The Bertz CT molecular complexity index is 249. The number of hydrogen-bond donors (Lipinski definition) is 2. The van der Waals surface area contributed by atoms with Crippen LogP contribution in [0.15, 0.2) is 18.3 Å². The van der Waals surface area contributed by atoms with Gasteiger partial charge in [-0.05, 0) is 31.5 Å². The predicted octanol–water partition coefficient (Wildman–Crippen LogP) is 1.09. The van der Waals surface area contributed by atoms with Gasteiger partial charge in [0.1, 0.15) is 0 Å². The minimum atomic E-state index is 0.450. The van der Waals surface area contributed by atoms with Crippen molar-refractivity contribution in [3.8, 4) is 0 Å². The first-order valence-corrected chi connectivity index (χ1v) is 4.31. The van der Waals surface area contributed by atoms with Crippen molar-refractivity contribution in [1.82, 2.24) is 10.3 Å². The van der Waals surface area contributed by atoms with E-state index in [1.165, 1.54) is 12.8 Å². The Hall–Kier alpha value is -1.09. The number of nitrogen functional groups attached to an aromatic ring is 1. The van der Waals surface area contributed by atoms with E-state index in [0.29, 0.717) is 6.04 Å². The summed E-state index contributed by atoms with van der Waals surface area (Å²) in [5.74, 6) is 0. The van der Waals surface area contributed by atoms with Gasteiger partial charge in [0, 0.05) is 6.04 Å². The molecular formula is C9H13N3. The van der Waals surface area contributed by atoms with Crippen LogP contribution in [0.1, 0.15) is 24.6 Å². The molecule has 64 valence electrons. The molecule has 1 unspecified atom stereocenters. The molecule has 3 heteroatoms. The van der Waals surface area contributed by atoms with Gasteiger partial charge in [-0.15, -0.1) is 0 Å². The highest BCUT2D eigenvalue weighted by molar-refractivity contribution is 5.35. The van der Waals surface area contributed by atoms with Gasteiger partial charge in [-0.25, -0.2) is 0 Å². The third-order valence-electron chi connectivity index (χ3n) is 2.23. The fourth-order valence-corrected chi connectivity index (χ4v) is 1.56. The van der Waals surface area contributed by atoms with Gasteiger partial charge in [-0.3, -0.25) is 4.98 Å². The average Bonchev–Trinajstić information content (AvgIpc) is 2.58. The maximum absolute atomic E-state index is 5.54. The molecule has 0 aliphatic carbocycles. The summed E-state index contributed by atoms with van der Waals surface area (Å²) in [7, 11) is 0. The summed E-state index contributed by atoms with van der Waals surface area (Å²) in [5.41, 5.74) is 7.39. The first kappa shape index (κ1) is 7.55. The van der Waals surface area contributed by atoms with Crippen molar-refractivity contribution in [1.29, 1.82) is 0 Å². The smallest absolute Gasteiger partial charge is 0.0574 e. The summed E-state index contributed by atoms with van der Waals surface area (Å²) < 4.78 is 0. The molecule has 2 heterocycles. The molecule has 1 aliphatic heterocycles. The van der Waals surface area contributed by atoms with E-state index in [9.17, 15) is 0 Å². The van der Waals surface area contributed by atoms with Crippen molar-refractivity contribution >= 4 is 5.69 Å². The Labute approximate surface area is 72.0 Å². The summed E-state index contributed by atoms with van der Waals surface area (Å²) >= 11 is 0. The molecule has 0 spiro atoms. The van der Waals surface area contributed by atoms with E-state index in [4.69, 9.17) is 5.73 Å². The Morgan fingerprint density at radius 3 is 3.00 bits per heavy atom. The maximum atomic E-state index is 5.54. The number of nitrogens with zero attached hydrogens (tertiary/aromatic N) is 1. The second-order valence-electron chi connectivity index (χ2n) is 3.17. The van der Waals surface area contributed by atoms with E-state index in [0.717, 1.165) is 17.9 Å². The van der Waals surface area contributed by atoms with Crippen LogP contribution >= 0.6 is 0 Å². The topological polar surface area (TPSA) is 50.9 Å². The lowest BCUT2D eigenvalue weighted by molar-refractivity contribution is 0.628. The Morgan fingerprint density at radius 1 is 1.50 bits per heavy atom. The molecule has 1 aromatic heterocycles. The van der Waals surface area contributed by atoms with Crippen molar-refractivity contribution < 1.29 is 0 Å². The van der Waals surface area contributed by atoms with Gasteiger partial charge in [0.05, 0.1) is 17.6 Å². The number of rotatable bonds is 1. The van der Waals surface area contributed by atoms with Gasteiger partial charge in [-0.2, -0.15) is 0 Å². The highest BCUT2D eigenvalue weighted by Crippen LogP contribution is 2.21. The fraction of sp³-hybridized carbons (Fsp3) is 0.444. The van der Waals surface area contributed by atoms with E-state index >= 15 is 0 Å². The van der Waals surface area contributed by atoms with Crippen LogP contribution in [0.4, 0.5) is 5.69 Å².